The van der Waals surface area contributed by atoms with E-state index in [0.29, 0.717) is 13.0 Å². The molecule has 3 rings (SSSR count). The van der Waals surface area contributed by atoms with Gasteiger partial charge in [0.05, 0.1) is 13.2 Å². The fourth-order valence-electron chi connectivity index (χ4n) is 2.60. The molecule has 0 spiro atoms. The van der Waals surface area contributed by atoms with Crippen molar-refractivity contribution in [2.75, 3.05) is 42.6 Å². The van der Waals surface area contributed by atoms with E-state index >= 15 is 0 Å². The predicted molar refractivity (Wildman–Crippen MR) is 79.2 cm³/mol. The molecule has 2 aliphatic rings. The molecular formula is C14H18N2O2S. The van der Waals surface area contributed by atoms with Gasteiger partial charge in [-0.3, -0.25) is 4.79 Å². The third-order valence-corrected chi connectivity index (χ3v) is 3.99. The fraction of sp³-hybridized carbons (Fsp3) is 0.500. The van der Waals surface area contributed by atoms with E-state index in [9.17, 15) is 4.79 Å². The average Bonchev–Trinajstić information content (AvgIpc) is 2.79. The Morgan fingerprint density at radius 3 is 2.32 bits per heavy atom. The van der Waals surface area contributed by atoms with E-state index in [1.54, 1.807) is 0 Å². The molecule has 2 fully saturated rings. The van der Waals surface area contributed by atoms with Crippen LogP contribution in [0.15, 0.2) is 24.3 Å². The minimum Gasteiger partial charge on any atom is -0.378 e. The van der Waals surface area contributed by atoms with Crippen LogP contribution in [-0.4, -0.2) is 44.0 Å². The highest BCUT2D eigenvalue weighted by Gasteiger charge is 2.28. The summed E-state index contributed by atoms with van der Waals surface area (Å²) >= 11 is 4.38. The number of ether oxygens (including phenoxy) is 1. The molecule has 1 aromatic rings. The lowest BCUT2D eigenvalue weighted by molar-refractivity contribution is -0.117. The summed E-state index contributed by atoms with van der Waals surface area (Å²) in [5.41, 5.74) is 2.17. The Morgan fingerprint density at radius 2 is 1.74 bits per heavy atom. The molecular weight excluding hydrogens is 260 g/mol. The van der Waals surface area contributed by atoms with Crippen LogP contribution in [-0.2, 0) is 9.53 Å². The quantitative estimate of drug-likeness (QED) is 0.833. The number of carbonyl (C=O) groups is 1. The van der Waals surface area contributed by atoms with Gasteiger partial charge in [-0.05, 0) is 24.3 Å². The Hall–Kier alpha value is -1.20. The van der Waals surface area contributed by atoms with Gasteiger partial charge >= 0.3 is 0 Å². The van der Waals surface area contributed by atoms with Gasteiger partial charge in [-0.15, -0.1) is 0 Å². The number of anilines is 2. The van der Waals surface area contributed by atoms with Gasteiger partial charge in [0.25, 0.3) is 0 Å². The molecule has 1 atom stereocenters. The van der Waals surface area contributed by atoms with Crippen LogP contribution in [0.2, 0.25) is 0 Å². The summed E-state index contributed by atoms with van der Waals surface area (Å²) in [6.07, 6.45) is 0.536. The minimum absolute atomic E-state index is 0.159. The summed E-state index contributed by atoms with van der Waals surface area (Å²) in [6.45, 7) is 4.14. The van der Waals surface area contributed by atoms with E-state index in [2.05, 4.69) is 29.7 Å². The summed E-state index contributed by atoms with van der Waals surface area (Å²) in [5, 5.41) is 0.159. The average molecular weight is 278 g/mol. The summed E-state index contributed by atoms with van der Waals surface area (Å²) < 4.78 is 5.35. The van der Waals surface area contributed by atoms with Crippen molar-refractivity contribution >= 4 is 29.9 Å². The molecule has 4 nitrogen and oxygen atoms in total. The fourth-order valence-corrected chi connectivity index (χ4v) is 2.92. The molecule has 2 saturated heterocycles. The van der Waals surface area contributed by atoms with Gasteiger partial charge < -0.3 is 14.5 Å². The smallest absolute Gasteiger partial charge is 0.228 e. The SMILES string of the molecule is O=C1CC(S)CN1c1ccc(N2CCOCC2)cc1. The number of carbonyl (C=O) groups excluding carboxylic acids is 1. The number of morpholine rings is 1. The third-order valence-electron chi connectivity index (χ3n) is 3.64. The lowest BCUT2D eigenvalue weighted by Crippen LogP contribution is -2.36. The van der Waals surface area contributed by atoms with Gasteiger partial charge in [-0.25, -0.2) is 0 Å². The molecule has 2 heterocycles. The second kappa shape index (κ2) is 5.43. The molecule has 102 valence electrons. The Morgan fingerprint density at radius 1 is 1.11 bits per heavy atom. The number of benzene rings is 1. The van der Waals surface area contributed by atoms with Crippen molar-refractivity contribution in [1.29, 1.82) is 0 Å². The molecule has 0 saturated carbocycles. The summed E-state index contributed by atoms with van der Waals surface area (Å²) in [6, 6.07) is 8.21. The maximum Gasteiger partial charge on any atom is 0.228 e. The molecule has 0 aromatic heterocycles. The van der Waals surface area contributed by atoms with Crippen LogP contribution in [0.1, 0.15) is 6.42 Å². The standard InChI is InChI=1S/C14H18N2O2S/c17-14-9-13(19)10-16(14)12-3-1-11(2-4-12)15-5-7-18-8-6-15/h1-4,13,19H,5-10H2. The zero-order valence-electron chi connectivity index (χ0n) is 10.8. The molecule has 0 N–H and O–H groups in total. The monoisotopic (exact) mass is 278 g/mol. The van der Waals surface area contributed by atoms with Crippen molar-refractivity contribution < 1.29 is 9.53 Å². The first-order chi connectivity index (χ1) is 9.24. The van der Waals surface area contributed by atoms with E-state index in [1.807, 2.05) is 17.0 Å². The molecule has 1 amide bonds. The first-order valence-electron chi connectivity index (χ1n) is 6.65. The maximum absolute atomic E-state index is 11.8. The van der Waals surface area contributed by atoms with Gasteiger partial charge in [0.1, 0.15) is 0 Å². The van der Waals surface area contributed by atoms with Crippen molar-refractivity contribution in [3.05, 3.63) is 24.3 Å². The summed E-state index contributed by atoms with van der Waals surface area (Å²) in [4.78, 5) is 15.9. The Labute approximate surface area is 118 Å². The second-order valence-electron chi connectivity index (χ2n) is 4.98. The lowest BCUT2D eigenvalue weighted by Gasteiger charge is -2.29. The van der Waals surface area contributed by atoms with E-state index < -0.39 is 0 Å². The Kier molecular flexibility index (Phi) is 3.66. The molecule has 0 radical (unpaired) electrons. The Bertz CT molecular complexity index is 457. The normalized spacial score (nSPS) is 24.1. The van der Waals surface area contributed by atoms with E-state index in [1.165, 1.54) is 5.69 Å². The van der Waals surface area contributed by atoms with Crippen molar-refractivity contribution in [2.45, 2.75) is 11.7 Å². The molecule has 0 bridgehead atoms. The van der Waals surface area contributed by atoms with Gasteiger partial charge in [0, 0.05) is 42.7 Å². The number of hydrogen-bond acceptors (Lipinski definition) is 4. The van der Waals surface area contributed by atoms with E-state index in [4.69, 9.17) is 4.74 Å². The minimum atomic E-state index is 0.159. The van der Waals surface area contributed by atoms with Crippen molar-refractivity contribution in [2.24, 2.45) is 0 Å². The number of rotatable bonds is 2. The molecule has 19 heavy (non-hydrogen) atoms. The maximum atomic E-state index is 11.8. The first-order valence-corrected chi connectivity index (χ1v) is 7.17. The van der Waals surface area contributed by atoms with Crippen LogP contribution in [0.3, 0.4) is 0 Å². The van der Waals surface area contributed by atoms with Gasteiger partial charge in [0.15, 0.2) is 0 Å². The molecule has 5 heteroatoms. The topological polar surface area (TPSA) is 32.8 Å². The van der Waals surface area contributed by atoms with Crippen molar-refractivity contribution in [1.82, 2.24) is 0 Å². The second-order valence-corrected chi connectivity index (χ2v) is 5.71. The van der Waals surface area contributed by atoms with Crippen LogP contribution in [0, 0.1) is 0 Å². The highest BCUT2D eigenvalue weighted by atomic mass is 32.1. The number of hydrogen-bond donors (Lipinski definition) is 1. The zero-order chi connectivity index (χ0) is 13.2. The Balaban J connectivity index is 1.73. The van der Waals surface area contributed by atoms with E-state index in [-0.39, 0.29) is 11.2 Å². The van der Waals surface area contributed by atoms with E-state index in [0.717, 1.165) is 32.0 Å². The predicted octanol–water partition coefficient (Wildman–Crippen LogP) is 1.56. The molecule has 0 aliphatic carbocycles. The number of amides is 1. The van der Waals surface area contributed by atoms with Gasteiger partial charge in [-0.1, -0.05) is 0 Å². The van der Waals surface area contributed by atoms with Crippen LogP contribution >= 0.6 is 12.6 Å². The zero-order valence-corrected chi connectivity index (χ0v) is 11.7. The highest BCUT2D eigenvalue weighted by Crippen LogP contribution is 2.26. The van der Waals surface area contributed by atoms with Gasteiger partial charge in [0.2, 0.25) is 5.91 Å². The number of thiol groups is 1. The third kappa shape index (κ3) is 2.72. The largest absolute Gasteiger partial charge is 0.378 e. The molecule has 1 aromatic carbocycles. The van der Waals surface area contributed by atoms with Crippen LogP contribution in [0.4, 0.5) is 11.4 Å². The highest BCUT2D eigenvalue weighted by molar-refractivity contribution is 7.81. The number of nitrogens with zero attached hydrogens (tertiary/aromatic N) is 2. The molecule has 2 aliphatic heterocycles. The van der Waals surface area contributed by atoms with Crippen molar-refractivity contribution in [3.63, 3.8) is 0 Å². The van der Waals surface area contributed by atoms with Crippen LogP contribution in [0.5, 0.6) is 0 Å². The first kappa shape index (κ1) is 12.8. The van der Waals surface area contributed by atoms with Crippen LogP contribution < -0.4 is 9.80 Å². The molecule has 1 unspecified atom stereocenters. The summed E-state index contributed by atoms with van der Waals surface area (Å²) in [5.74, 6) is 0.166. The summed E-state index contributed by atoms with van der Waals surface area (Å²) in [7, 11) is 0. The van der Waals surface area contributed by atoms with Crippen LogP contribution in [0.25, 0.3) is 0 Å². The lowest BCUT2D eigenvalue weighted by atomic mass is 10.2. The van der Waals surface area contributed by atoms with Crippen molar-refractivity contribution in [3.8, 4) is 0 Å². The van der Waals surface area contributed by atoms with Gasteiger partial charge in [-0.2, -0.15) is 12.6 Å².